The number of likely N-dealkylation sites (tertiary alicyclic amines) is 1. The lowest BCUT2D eigenvalue weighted by molar-refractivity contribution is 0.185. The first-order valence-corrected chi connectivity index (χ1v) is 9.47. The Morgan fingerprint density at radius 1 is 1.24 bits per heavy atom. The third-order valence-electron chi connectivity index (χ3n) is 5.04. The molecular formula is C20H31N5. The molecule has 5 nitrogen and oxygen atoms in total. The molecule has 0 aromatic carbocycles. The monoisotopic (exact) mass is 341 g/mol. The number of rotatable bonds is 7. The minimum atomic E-state index is 0.588. The molecule has 5 heteroatoms. The lowest BCUT2D eigenvalue weighted by Gasteiger charge is -2.32. The molecule has 1 aliphatic heterocycles. The Morgan fingerprint density at radius 2 is 2.04 bits per heavy atom. The molecule has 1 aliphatic rings. The van der Waals surface area contributed by atoms with Crippen molar-refractivity contribution in [1.82, 2.24) is 25.0 Å². The van der Waals surface area contributed by atoms with Gasteiger partial charge in [0.2, 0.25) is 0 Å². The summed E-state index contributed by atoms with van der Waals surface area (Å²) in [5.74, 6) is 0.588. The second-order valence-corrected chi connectivity index (χ2v) is 7.49. The minimum Gasteiger partial charge on any atom is -0.314 e. The summed E-state index contributed by atoms with van der Waals surface area (Å²) in [6.07, 6.45) is 4.33. The van der Waals surface area contributed by atoms with Gasteiger partial charge in [-0.2, -0.15) is 5.10 Å². The van der Waals surface area contributed by atoms with Crippen LogP contribution in [0.25, 0.3) is 0 Å². The zero-order chi connectivity index (χ0) is 17.6. The SMILES string of the molecule is Cc1cc(C)n(CC(C)CNC2CCN(Cc3ccccn3)CC2)n1. The number of hydrogen-bond acceptors (Lipinski definition) is 4. The van der Waals surface area contributed by atoms with Gasteiger partial charge in [-0.15, -0.1) is 0 Å². The molecule has 0 spiro atoms. The van der Waals surface area contributed by atoms with E-state index < -0.39 is 0 Å². The number of nitrogens with one attached hydrogen (secondary N) is 1. The number of pyridine rings is 1. The highest BCUT2D eigenvalue weighted by molar-refractivity contribution is 5.06. The summed E-state index contributed by atoms with van der Waals surface area (Å²) in [6, 6.07) is 8.96. The Labute approximate surface area is 151 Å². The van der Waals surface area contributed by atoms with E-state index in [9.17, 15) is 0 Å². The van der Waals surface area contributed by atoms with Crippen molar-refractivity contribution in [3.8, 4) is 0 Å². The topological polar surface area (TPSA) is 46.0 Å². The molecule has 1 unspecified atom stereocenters. The van der Waals surface area contributed by atoms with Crippen LogP contribution < -0.4 is 5.32 Å². The Morgan fingerprint density at radius 3 is 2.68 bits per heavy atom. The van der Waals surface area contributed by atoms with E-state index >= 15 is 0 Å². The van der Waals surface area contributed by atoms with Crippen LogP contribution in [0.15, 0.2) is 30.5 Å². The van der Waals surface area contributed by atoms with E-state index in [1.54, 1.807) is 0 Å². The van der Waals surface area contributed by atoms with Gasteiger partial charge in [-0.25, -0.2) is 0 Å². The van der Waals surface area contributed by atoms with Gasteiger partial charge < -0.3 is 5.32 Å². The number of aryl methyl sites for hydroxylation is 2. The van der Waals surface area contributed by atoms with Crippen LogP contribution in [0.2, 0.25) is 0 Å². The highest BCUT2D eigenvalue weighted by Gasteiger charge is 2.19. The third-order valence-corrected chi connectivity index (χ3v) is 5.04. The minimum absolute atomic E-state index is 0.588. The summed E-state index contributed by atoms with van der Waals surface area (Å²) in [4.78, 5) is 6.95. The van der Waals surface area contributed by atoms with Crippen LogP contribution in [0, 0.1) is 19.8 Å². The molecule has 3 heterocycles. The molecule has 2 aromatic rings. The second kappa shape index (κ2) is 8.59. The van der Waals surface area contributed by atoms with Crippen molar-refractivity contribution in [1.29, 1.82) is 0 Å². The summed E-state index contributed by atoms with van der Waals surface area (Å²) in [6.45, 7) is 11.8. The molecule has 1 fully saturated rings. The summed E-state index contributed by atoms with van der Waals surface area (Å²) in [5, 5.41) is 8.34. The predicted molar refractivity (Wildman–Crippen MR) is 101 cm³/mol. The van der Waals surface area contributed by atoms with E-state index in [2.05, 4.69) is 64.0 Å². The van der Waals surface area contributed by atoms with E-state index in [4.69, 9.17) is 0 Å². The standard InChI is InChI=1S/C20H31N5/c1-16(14-25-18(3)12-17(2)23-25)13-22-19-7-10-24(11-8-19)15-20-6-4-5-9-21-20/h4-6,9,12,16,19,22H,7-8,10-11,13-15H2,1-3H3. The first-order chi connectivity index (χ1) is 12.1. The maximum absolute atomic E-state index is 4.57. The van der Waals surface area contributed by atoms with Gasteiger partial charge in [0.05, 0.1) is 11.4 Å². The predicted octanol–water partition coefficient (Wildman–Crippen LogP) is 2.79. The van der Waals surface area contributed by atoms with Crippen molar-refractivity contribution in [3.63, 3.8) is 0 Å². The molecule has 0 aliphatic carbocycles. The van der Waals surface area contributed by atoms with Gasteiger partial charge in [0.25, 0.3) is 0 Å². The molecule has 1 N–H and O–H groups in total. The molecule has 0 bridgehead atoms. The molecule has 0 radical (unpaired) electrons. The van der Waals surface area contributed by atoms with Gasteiger partial charge >= 0.3 is 0 Å². The molecule has 3 rings (SSSR count). The number of hydrogen-bond donors (Lipinski definition) is 1. The number of nitrogens with zero attached hydrogens (tertiary/aromatic N) is 4. The van der Waals surface area contributed by atoms with Crippen LogP contribution in [0.4, 0.5) is 0 Å². The Balaban J connectivity index is 1.37. The maximum Gasteiger partial charge on any atom is 0.0596 e. The maximum atomic E-state index is 4.57. The fourth-order valence-corrected chi connectivity index (χ4v) is 3.60. The van der Waals surface area contributed by atoms with Gasteiger partial charge in [0.1, 0.15) is 0 Å². The van der Waals surface area contributed by atoms with Crippen LogP contribution in [-0.4, -0.2) is 45.3 Å². The molecule has 2 aromatic heterocycles. The van der Waals surface area contributed by atoms with Crippen molar-refractivity contribution < 1.29 is 0 Å². The van der Waals surface area contributed by atoms with Crippen molar-refractivity contribution in [2.45, 2.75) is 52.7 Å². The van der Waals surface area contributed by atoms with E-state index in [1.165, 1.54) is 24.2 Å². The fraction of sp³-hybridized carbons (Fsp3) is 0.600. The quantitative estimate of drug-likeness (QED) is 0.841. The van der Waals surface area contributed by atoms with Crippen LogP contribution >= 0.6 is 0 Å². The lowest BCUT2D eigenvalue weighted by Crippen LogP contribution is -2.43. The molecule has 0 saturated carbocycles. The molecular weight excluding hydrogens is 310 g/mol. The summed E-state index contributed by atoms with van der Waals surface area (Å²) in [7, 11) is 0. The third kappa shape index (κ3) is 5.38. The van der Waals surface area contributed by atoms with Crippen molar-refractivity contribution >= 4 is 0 Å². The summed E-state index contributed by atoms with van der Waals surface area (Å²) >= 11 is 0. The van der Waals surface area contributed by atoms with E-state index in [0.717, 1.165) is 38.4 Å². The lowest BCUT2D eigenvalue weighted by atomic mass is 10.0. The average Bonchev–Trinajstić information content (AvgIpc) is 2.92. The van der Waals surface area contributed by atoms with Crippen molar-refractivity contribution in [2.24, 2.45) is 5.92 Å². The molecule has 136 valence electrons. The van der Waals surface area contributed by atoms with Crippen LogP contribution in [0.1, 0.15) is 36.8 Å². The summed E-state index contributed by atoms with van der Waals surface area (Å²) in [5.41, 5.74) is 3.54. The van der Waals surface area contributed by atoms with E-state index in [0.29, 0.717) is 12.0 Å². The Kier molecular flexibility index (Phi) is 6.21. The first kappa shape index (κ1) is 18.1. The fourth-order valence-electron chi connectivity index (χ4n) is 3.60. The van der Waals surface area contributed by atoms with Gasteiger partial charge in [-0.3, -0.25) is 14.6 Å². The average molecular weight is 342 g/mol. The highest BCUT2D eigenvalue weighted by Crippen LogP contribution is 2.14. The molecule has 1 saturated heterocycles. The second-order valence-electron chi connectivity index (χ2n) is 7.49. The zero-order valence-electron chi connectivity index (χ0n) is 15.8. The normalized spacial score (nSPS) is 17.7. The van der Waals surface area contributed by atoms with Crippen molar-refractivity contribution in [2.75, 3.05) is 19.6 Å². The Hall–Kier alpha value is -1.72. The number of aromatic nitrogens is 3. The van der Waals surface area contributed by atoms with E-state index in [-0.39, 0.29) is 0 Å². The van der Waals surface area contributed by atoms with Crippen LogP contribution in [-0.2, 0) is 13.1 Å². The highest BCUT2D eigenvalue weighted by atomic mass is 15.3. The molecule has 1 atom stereocenters. The zero-order valence-corrected chi connectivity index (χ0v) is 15.8. The van der Waals surface area contributed by atoms with E-state index in [1.807, 2.05) is 12.3 Å². The first-order valence-electron chi connectivity index (χ1n) is 9.47. The van der Waals surface area contributed by atoms with Crippen molar-refractivity contribution in [3.05, 3.63) is 47.5 Å². The van der Waals surface area contributed by atoms with Crippen LogP contribution in [0.3, 0.4) is 0 Å². The van der Waals surface area contributed by atoms with Gasteiger partial charge in [-0.1, -0.05) is 13.0 Å². The largest absolute Gasteiger partial charge is 0.314 e. The summed E-state index contributed by atoms with van der Waals surface area (Å²) < 4.78 is 2.14. The van der Waals surface area contributed by atoms with Gasteiger partial charge in [-0.05, 0) is 57.4 Å². The number of piperidine rings is 1. The van der Waals surface area contributed by atoms with Crippen LogP contribution in [0.5, 0.6) is 0 Å². The Bertz CT molecular complexity index is 643. The molecule has 0 amide bonds. The smallest absolute Gasteiger partial charge is 0.0596 e. The molecule has 25 heavy (non-hydrogen) atoms. The van der Waals surface area contributed by atoms with Gasteiger partial charge in [0, 0.05) is 44.1 Å². The van der Waals surface area contributed by atoms with Gasteiger partial charge in [0.15, 0.2) is 0 Å².